The molecular formula is C8H14O4. The summed E-state index contributed by atoms with van der Waals surface area (Å²) in [5.41, 5.74) is 0. The zero-order valence-electron chi connectivity index (χ0n) is 7.19. The molecule has 70 valence electrons. The van der Waals surface area contributed by atoms with Crippen molar-refractivity contribution in [2.24, 2.45) is 0 Å². The van der Waals surface area contributed by atoms with Gasteiger partial charge in [0.25, 0.3) is 0 Å². The molecule has 12 heavy (non-hydrogen) atoms. The first-order valence-electron chi connectivity index (χ1n) is 4.24. The first kappa shape index (κ1) is 9.64. The van der Waals surface area contributed by atoms with Crippen molar-refractivity contribution >= 4 is 6.29 Å². The lowest BCUT2D eigenvalue weighted by molar-refractivity contribution is -0.294. The Morgan fingerprint density at radius 2 is 2.17 bits per heavy atom. The first-order chi connectivity index (χ1) is 5.83. The Hall–Kier alpha value is -0.450. The summed E-state index contributed by atoms with van der Waals surface area (Å²) in [5.74, 6) is 0. The molecule has 0 aliphatic carbocycles. The molecule has 0 aromatic heterocycles. The molecule has 1 aliphatic rings. The SMILES string of the molecule is C[C@@H]1OO[C@@H](CCCCC=O)O1. The van der Waals surface area contributed by atoms with Crippen molar-refractivity contribution < 1.29 is 19.3 Å². The molecule has 0 amide bonds. The van der Waals surface area contributed by atoms with Gasteiger partial charge in [-0.15, -0.1) is 0 Å². The number of hydrogen-bond donors (Lipinski definition) is 0. The minimum absolute atomic E-state index is 0.244. The van der Waals surface area contributed by atoms with Gasteiger partial charge in [0.15, 0.2) is 12.6 Å². The molecule has 1 saturated heterocycles. The van der Waals surface area contributed by atoms with Crippen LogP contribution in [-0.2, 0) is 19.3 Å². The molecule has 0 aromatic rings. The molecule has 4 nitrogen and oxygen atoms in total. The Labute approximate surface area is 71.7 Å². The first-order valence-corrected chi connectivity index (χ1v) is 4.24. The molecule has 0 aromatic carbocycles. The number of rotatable bonds is 5. The van der Waals surface area contributed by atoms with Gasteiger partial charge in [-0.05, 0) is 19.8 Å². The van der Waals surface area contributed by atoms with Crippen molar-refractivity contribution in [2.45, 2.75) is 45.2 Å². The van der Waals surface area contributed by atoms with Gasteiger partial charge in [0.1, 0.15) is 6.29 Å². The second-order valence-corrected chi connectivity index (χ2v) is 2.78. The molecule has 0 unspecified atom stereocenters. The van der Waals surface area contributed by atoms with E-state index in [0.29, 0.717) is 6.42 Å². The van der Waals surface area contributed by atoms with E-state index >= 15 is 0 Å². The van der Waals surface area contributed by atoms with Crippen LogP contribution in [0, 0.1) is 0 Å². The monoisotopic (exact) mass is 174 g/mol. The number of unbranched alkanes of at least 4 members (excludes halogenated alkanes) is 2. The number of carbonyl (C=O) groups is 1. The molecular weight excluding hydrogens is 160 g/mol. The van der Waals surface area contributed by atoms with Crippen molar-refractivity contribution in [3.63, 3.8) is 0 Å². The van der Waals surface area contributed by atoms with Gasteiger partial charge >= 0.3 is 0 Å². The van der Waals surface area contributed by atoms with E-state index in [2.05, 4.69) is 0 Å². The molecule has 1 fully saturated rings. The van der Waals surface area contributed by atoms with Gasteiger partial charge in [0.05, 0.1) is 0 Å². The highest BCUT2D eigenvalue weighted by Gasteiger charge is 2.23. The number of ether oxygens (including phenoxy) is 1. The highest BCUT2D eigenvalue weighted by molar-refractivity contribution is 5.48. The van der Waals surface area contributed by atoms with Crippen LogP contribution in [0.5, 0.6) is 0 Å². The van der Waals surface area contributed by atoms with Gasteiger partial charge in [-0.1, -0.05) is 0 Å². The van der Waals surface area contributed by atoms with Crippen LogP contribution in [-0.4, -0.2) is 18.9 Å². The summed E-state index contributed by atoms with van der Waals surface area (Å²) < 4.78 is 5.21. The lowest BCUT2D eigenvalue weighted by atomic mass is 10.2. The summed E-state index contributed by atoms with van der Waals surface area (Å²) in [7, 11) is 0. The van der Waals surface area contributed by atoms with Crippen LogP contribution < -0.4 is 0 Å². The summed E-state index contributed by atoms with van der Waals surface area (Å²) in [6.45, 7) is 1.78. The average Bonchev–Trinajstić information content (AvgIpc) is 2.45. The van der Waals surface area contributed by atoms with Gasteiger partial charge < -0.3 is 9.53 Å². The van der Waals surface area contributed by atoms with E-state index in [0.717, 1.165) is 25.5 Å². The Balaban J connectivity index is 1.96. The van der Waals surface area contributed by atoms with Gasteiger partial charge in [0, 0.05) is 12.8 Å². The predicted octanol–water partition coefficient (Wildman–Crippen LogP) is 1.40. The fourth-order valence-corrected chi connectivity index (χ4v) is 1.05. The number of aldehydes is 1. The van der Waals surface area contributed by atoms with Gasteiger partial charge in [0.2, 0.25) is 0 Å². The van der Waals surface area contributed by atoms with E-state index in [1.807, 2.05) is 0 Å². The maximum Gasteiger partial charge on any atom is 0.194 e. The van der Waals surface area contributed by atoms with Gasteiger partial charge in [-0.3, -0.25) is 0 Å². The summed E-state index contributed by atoms with van der Waals surface area (Å²) in [6, 6.07) is 0. The largest absolute Gasteiger partial charge is 0.318 e. The molecule has 1 aliphatic heterocycles. The Kier molecular flexibility index (Phi) is 4.21. The van der Waals surface area contributed by atoms with Crippen molar-refractivity contribution in [2.75, 3.05) is 0 Å². The molecule has 0 radical (unpaired) electrons. The third-order valence-electron chi connectivity index (χ3n) is 1.65. The van der Waals surface area contributed by atoms with Gasteiger partial charge in [-0.2, -0.15) is 0 Å². The lowest BCUT2D eigenvalue weighted by Crippen LogP contribution is -2.08. The van der Waals surface area contributed by atoms with Crippen molar-refractivity contribution in [1.82, 2.24) is 0 Å². The number of carbonyl (C=O) groups excluding carboxylic acids is 1. The molecule has 0 bridgehead atoms. The highest BCUT2D eigenvalue weighted by Crippen LogP contribution is 2.17. The van der Waals surface area contributed by atoms with Crippen LogP contribution >= 0.6 is 0 Å². The van der Waals surface area contributed by atoms with Gasteiger partial charge in [-0.25, -0.2) is 9.78 Å². The highest BCUT2D eigenvalue weighted by atomic mass is 17.3. The van der Waals surface area contributed by atoms with Crippen LogP contribution in [0.15, 0.2) is 0 Å². The summed E-state index contributed by atoms with van der Waals surface area (Å²) in [4.78, 5) is 19.5. The van der Waals surface area contributed by atoms with Crippen LogP contribution in [0.4, 0.5) is 0 Å². The quantitative estimate of drug-likeness (QED) is 0.359. The molecule has 0 saturated carbocycles. The van der Waals surface area contributed by atoms with Crippen LogP contribution in [0.2, 0.25) is 0 Å². The topological polar surface area (TPSA) is 44.8 Å². The molecule has 0 N–H and O–H groups in total. The van der Waals surface area contributed by atoms with E-state index in [-0.39, 0.29) is 12.6 Å². The zero-order chi connectivity index (χ0) is 8.81. The van der Waals surface area contributed by atoms with E-state index in [1.54, 1.807) is 6.92 Å². The second-order valence-electron chi connectivity index (χ2n) is 2.78. The summed E-state index contributed by atoms with van der Waals surface area (Å²) in [5, 5.41) is 0. The third-order valence-corrected chi connectivity index (χ3v) is 1.65. The van der Waals surface area contributed by atoms with E-state index in [4.69, 9.17) is 14.5 Å². The normalized spacial score (nSPS) is 29.1. The third kappa shape index (κ3) is 3.30. The van der Waals surface area contributed by atoms with E-state index in [9.17, 15) is 4.79 Å². The Morgan fingerprint density at radius 3 is 2.75 bits per heavy atom. The molecule has 1 rings (SSSR count). The minimum atomic E-state index is -0.263. The van der Waals surface area contributed by atoms with Crippen LogP contribution in [0.1, 0.15) is 32.6 Å². The molecule has 2 atom stereocenters. The Bertz CT molecular complexity index is 137. The van der Waals surface area contributed by atoms with E-state index in [1.165, 1.54) is 0 Å². The predicted molar refractivity (Wildman–Crippen MR) is 41.0 cm³/mol. The summed E-state index contributed by atoms with van der Waals surface area (Å²) in [6.07, 6.45) is 3.64. The minimum Gasteiger partial charge on any atom is -0.318 e. The number of hydrogen-bond acceptors (Lipinski definition) is 4. The molecule has 1 heterocycles. The maximum absolute atomic E-state index is 9.97. The fraction of sp³-hybridized carbons (Fsp3) is 0.875. The van der Waals surface area contributed by atoms with Crippen molar-refractivity contribution in [3.05, 3.63) is 0 Å². The summed E-state index contributed by atoms with van der Waals surface area (Å²) >= 11 is 0. The standard InChI is InChI=1S/C8H14O4/c1-7-10-8(12-11-7)5-3-2-4-6-9/h6-8H,2-5H2,1H3/t7-,8-/m0/s1. The maximum atomic E-state index is 9.97. The fourth-order valence-electron chi connectivity index (χ4n) is 1.05. The molecule has 0 spiro atoms. The van der Waals surface area contributed by atoms with Crippen LogP contribution in [0.25, 0.3) is 0 Å². The van der Waals surface area contributed by atoms with Crippen molar-refractivity contribution in [3.8, 4) is 0 Å². The van der Waals surface area contributed by atoms with Crippen molar-refractivity contribution in [1.29, 1.82) is 0 Å². The second kappa shape index (κ2) is 5.24. The average molecular weight is 174 g/mol. The lowest BCUT2D eigenvalue weighted by Gasteiger charge is -2.04. The smallest absolute Gasteiger partial charge is 0.194 e. The zero-order valence-corrected chi connectivity index (χ0v) is 7.19. The van der Waals surface area contributed by atoms with Crippen LogP contribution in [0.3, 0.4) is 0 Å². The Morgan fingerprint density at radius 1 is 1.33 bits per heavy atom. The van der Waals surface area contributed by atoms with E-state index < -0.39 is 0 Å². The molecule has 4 heteroatoms.